The summed E-state index contributed by atoms with van der Waals surface area (Å²) in [5.74, 6) is -1.92. The lowest BCUT2D eigenvalue weighted by atomic mass is 9.76. The highest BCUT2D eigenvalue weighted by atomic mass is 16.2. The number of carbonyl (C=O) groups is 4. The fourth-order valence-electron chi connectivity index (χ4n) is 4.80. The predicted molar refractivity (Wildman–Crippen MR) is 98.0 cm³/mol. The molecule has 2 unspecified atom stereocenters. The zero-order chi connectivity index (χ0) is 19.6. The van der Waals surface area contributed by atoms with E-state index in [1.807, 2.05) is 6.07 Å². The first-order chi connectivity index (χ1) is 13.4. The Kier molecular flexibility index (Phi) is 3.73. The van der Waals surface area contributed by atoms with Crippen molar-refractivity contribution >= 4 is 23.6 Å². The molecule has 28 heavy (non-hydrogen) atoms. The summed E-state index contributed by atoms with van der Waals surface area (Å²) in [5, 5.41) is 5.69. The van der Waals surface area contributed by atoms with Crippen molar-refractivity contribution in [3.63, 3.8) is 0 Å². The van der Waals surface area contributed by atoms with Crippen LogP contribution >= 0.6 is 0 Å². The summed E-state index contributed by atoms with van der Waals surface area (Å²) in [6.45, 7) is 0.614. The third kappa shape index (κ3) is 2.59. The second-order valence-electron chi connectivity index (χ2n) is 8.49. The van der Waals surface area contributed by atoms with Gasteiger partial charge in [0.05, 0.1) is 11.1 Å². The third-order valence-corrected chi connectivity index (χ3v) is 6.66. The van der Waals surface area contributed by atoms with Gasteiger partial charge < -0.3 is 11.1 Å². The Hall–Kier alpha value is -2.58. The first-order valence-corrected chi connectivity index (χ1v) is 9.71. The zero-order valence-corrected chi connectivity index (χ0v) is 15.4. The molecule has 0 radical (unpaired) electrons. The topological polar surface area (TPSA) is 122 Å². The van der Waals surface area contributed by atoms with E-state index >= 15 is 0 Å². The number of rotatable bonds is 4. The largest absolute Gasteiger partial charge is 0.327 e. The maximum atomic E-state index is 12.8. The molecule has 1 saturated heterocycles. The molecule has 2 heterocycles. The van der Waals surface area contributed by atoms with Crippen LogP contribution in [0.2, 0.25) is 0 Å². The number of carbonyl (C=O) groups excluding carboxylic acids is 4. The highest BCUT2D eigenvalue weighted by Crippen LogP contribution is 2.59. The summed E-state index contributed by atoms with van der Waals surface area (Å²) < 4.78 is 0. The number of amides is 4. The highest BCUT2D eigenvalue weighted by Gasteiger charge is 2.59. The molecule has 4 aliphatic rings. The van der Waals surface area contributed by atoms with Crippen molar-refractivity contribution in [1.82, 2.24) is 15.5 Å². The van der Waals surface area contributed by atoms with E-state index in [0.29, 0.717) is 35.2 Å². The minimum absolute atomic E-state index is 0.117. The highest BCUT2D eigenvalue weighted by molar-refractivity contribution is 6.23. The normalized spacial score (nSPS) is 33.8. The molecular weight excluding hydrogens is 360 g/mol. The van der Waals surface area contributed by atoms with Gasteiger partial charge in [0, 0.05) is 25.0 Å². The van der Waals surface area contributed by atoms with E-state index < -0.39 is 23.8 Å². The van der Waals surface area contributed by atoms with Gasteiger partial charge in [-0.3, -0.25) is 29.4 Å². The standard InChI is InChI=1S/C20H22N4O4/c21-15-8-20(15)6-11(7-20)22-9-10-1-2-12-13(5-10)19(28)24(18(12)27)14-3-4-16(25)23-17(14)26/h1-2,5,11,14-15,22H,3-4,6-9,21H2,(H,23,25,26). The SMILES string of the molecule is NC1CC12CC(NCc1ccc3c(c1)C(=O)N(C1CCC(=O)NC1=O)C3=O)C2. The molecule has 8 nitrogen and oxygen atoms in total. The Morgan fingerprint density at radius 3 is 2.50 bits per heavy atom. The van der Waals surface area contributed by atoms with Crippen molar-refractivity contribution in [2.75, 3.05) is 0 Å². The number of hydrogen-bond donors (Lipinski definition) is 3. The monoisotopic (exact) mass is 382 g/mol. The molecular formula is C20H22N4O4. The second-order valence-corrected chi connectivity index (χ2v) is 8.49. The Labute approximate surface area is 161 Å². The van der Waals surface area contributed by atoms with E-state index in [0.717, 1.165) is 29.7 Å². The van der Waals surface area contributed by atoms with E-state index in [2.05, 4.69) is 10.6 Å². The molecule has 146 valence electrons. The van der Waals surface area contributed by atoms with Crippen LogP contribution in [0.25, 0.3) is 0 Å². The van der Waals surface area contributed by atoms with Crippen LogP contribution in [-0.2, 0) is 16.1 Å². The summed E-state index contributed by atoms with van der Waals surface area (Å²) in [7, 11) is 0. The molecule has 3 fully saturated rings. The quantitative estimate of drug-likeness (QED) is 0.633. The van der Waals surface area contributed by atoms with Crippen LogP contribution in [0, 0.1) is 5.41 Å². The Balaban J connectivity index is 1.28. The minimum atomic E-state index is -0.930. The lowest BCUT2D eigenvalue weighted by Gasteiger charge is -2.37. The Morgan fingerprint density at radius 1 is 1.11 bits per heavy atom. The van der Waals surface area contributed by atoms with Crippen LogP contribution in [0.4, 0.5) is 0 Å². The van der Waals surface area contributed by atoms with Crippen LogP contribution in [0.1, 0.15) is 58.4 Å². The van der Waals surface area contributed by atoms with Gasteiger partial charge in [-0.25, -0.2) is 0 Å². The van der Waals surface area contributed by atoms with Crippen LogP contribution in [0.15, 0.2) is 18.2 Å². The number of nitrogens with two attached hydrogens (primary N) is 1. The molecule has 1 spiro atoms. The van der Waals surface area contributed by atoms with E-state index in [1.54, 1.807) is 12.1 Å². The minimum Gasteiger partial charge on any atom is -0.327 e. The summed E-state index contributed by atoms with van der Waals surface area (Å²) in [4.78, 5) is 50.0. The molecule has 0 aromatic heterocycles. The van der Waals surface area contributed by atoms with Gasteiger partial charge in [0.1, 0.15) is 6.04 Å². The Morgan fingerprint density at radius 2 is 1.82 bits per heavy atom. The number of nitrogens with zero attached hydrogens (tertiary/aromatic N) is 1. The summed E-state index contributed by atoms with van der Waals surface area (Å²) >= 11 is 0. The molecule has 2 aliphatic carbocycles. The van der Waals surface area contributed by atoms with E-state index in [9.17, 15) is 19.2 Å². The Bertz CT molecular complexity index is 921. The molecule has 1 aromatic carbocycles. The van der Waals surface area contributed by atoms with Crippen molar-refractivity contribution in [3.05, 3.63) is 34.9 Å². The number of nitrogens with one attached hydrogen (secondary N) is 2. The van der Waals surface area contributed by atoms with Crippen molar-refractivity contribution in [2.24, 2.45) is 11.1 Å². The van der Waals surface area contributed by atoms with Crippen molar-refractivity contribution in [3.8, 4) is 0 Å². The lowest BCUT2D eigenvalue weighted by molar-refractivity contribution is -0.136. The average Bonchev–Trinajstić information content (AvgIpc) is 3.24. The van der Waals surface area contributed by atoms with Gasteiger partial charge in [-0.05, 0) is 48.8 Å². The maximum absolute atomic E-state index is 12.8. The number of piperidine rings is 1. The third-order valence-electron chi connectivity index (χ3n) is 6.66. The van der Waals surface area contributed by atoms with Crippen LogP contribution in [0.5, 0.6) is 0 Å². The van der Waals surface area contributed by atoms with Gasteiger partial charge in [-0.2, -0.15) is 0 Å². The zero-order valence-electron chi connectivity index (χ0n) is 15.4. The number of hydrogen-bond acceptors (Lipinski definition) is 6. The summed E-state index contributed by atoms with van der Waals surface area (Å²) in [6, 6.07) is 5.08. The van der Waals surface area contributed by atoms with E-state index in [-0.39, 0.29) is 18.7 Å². The second kappa shape index (κ2) is 5.96. The lowest BCUT2D eigenvalue weighted by Crippen LogP contribution is -2.54. The van der Waals surface area contributed by atoms with Gasteiger partial charge >= 0.3 is 0 Å². The smallest absolute Gasteiger partial charge is 0.262 e. The van der Waals surface area contributed by atoms with Gasteiger partial charge in [-0.15, -0.1) is 0 Å². The summed E-state index contributed by atoms with van der Waals surface area (Å²) in [5.41, 5.74) is 7.90. The van der Waals surface area contributed by atoms with E-state index in [1.165, 1.54) is 0 Å². The molecule has 1 aromatic rings. The number of imide groups is 2. The van der Waals surface area contributed by atoms with Gasteiger partial charge in [0.25, 0.3) is 11.8 Å². The molecule has 2 saturated carbocycles. The summed E-state index contributed by atoms with van der Waals surface area (Å²) in [6.07, 6.45) is 3.60. The predicted octanol–water partition coefficient (Wildman–Crippen LogP) is 0.0572. The molecule has 2 atom stereocenters. The van der Waals surface area contributed by atoms with Crippen molar-refractivity contribution in [2.45, 2.75) is 56.8 Å². The fraction of sp³-hybridized carbons (Fsp3) is 0.500. The first-order valence-electron chi connectivity index (χ1n) is 9.71. The van der Waals surface area contributed by atoms with Gasteiger partial charge in [0.15, 0.2) is 0 Å². The molecule has 2 aliphatic heterocycles. The van der Waals surface area contributed by atoms with Crippen molar-refractivity contribution in [1.29, 1.82) is 0 Å². The molecule has 4 amide bonds. The van der Waals surface area contributed by atoms with Gasteiger partial charge in [0.2, 0.25) is 11.8 Å². The van der Waals surface area contributed by atoms with Crippen LogP contribution < -0.4 is 16.4 Å². The first kappa shape index (κ1) is 17.5. The maximum Gasteiger partial charge on any atom is 0.262 e. The molecule has 4 N–H and O–H groups in total. The van der Waals surface area contributed by atoms with Crippen LogP contribution in [-0.4, -0.2) is 46.7 Å². The number of benzene rings is 1. The molecule has 0 bridgehead atoms. The molecule has 5 rings (SSSR count). The van der Waals surface area contributed by atoms with Crippen LogP contribution in [0.3, 0.4) is 0 Å². The fourth-order valence-corrected chi connectivity index (χ4v) is 4.80. The van der Waals surface area contributed by atoms with Crippen molar-refractivity contribution < 1.29 is 19.2 Å². The van der Waals surface area contributed by atoms with E-state index in [4.69, 9.17) is 5.73 Å². The average molecular weight is 382 g/mol. The van der Waals surface area contributed by atoms with Gasteiger partial charge in [-0.1, -0.05) is 6.07 Å². The molecule has 8 heteroatoms. The number of fused-ring (bicyclic) bond motifs is 1.